The molecular weight excluding hydrogens is 320 g/mol. The van der Waals surface area contributed by atoms with E-state index in [4.69, 9.17) is 4.42 Å². The summed E-state index contributed by atoms with van der Waals surface area (Å²) in [6.45, 7) is 0. The third kappa shape index (κ3) is 3.22. The van der Waals surface area contributed by atoms with Gasteiger partial charge in [0, 0.05) is 11.1 Å². The Morgan fingerprint density at radius 3 is 2.19 bits per heavy atom. The molecule has 0 unspecified atom stereocenters. The van der Waals surface area contributed by atoms with Gasteiger partial charge in [-0.25, -0.2) is 0 Å². The quantitative estimate of drug-likeness (QED) is 0.477. The zero-order valence-corrected chi connectivity index (χ0v) is 14.3. The predicted octanol–water partition coefficient (Wildman–Crippen LogP) is 5.72. The highest BCUT2D eigenvalue weighted by Crippen LogP contribution is 2.26. The van der Waals surface area contributed by atoms with Gasteiger partial charge in [0.1, 0.15) is 11.3 Å². The van der Waals surface area contributed by atoms with Gasteiger partial charge in [0.05, 0.1) is 5.39 Å². The average Bonchev–Trinajstić information content (AvgIpc) is 2.71. The molecule has 0 fully saturated rings. The number of hydrogen-bond acceptors (Lipinski definition) is 2. The van der Waals surface area contributed by atoms with Gasteiger partial charge in [-0.15, -0.1) is 0 Å². The van der Waals surface area contributed by atoms with Crippen molar-refractivity contribution in [3.63, 3.8) is 0 Å². The Kier molecular flexibility index (Phi) is 4.48. The maximum absolute atomic E-state index is 13.1. The molecule has 0 saturated heterocycles. The second-order valence-corrected chi connectivity index (χ2v) is 6.12. The second kappa shape index (κ2) is 7.24. The molecule has 0 aliphatic carbocycles. The van der Waals surface area contributed by atoms with Crippen LogP contribution in [0.4, 0.5) is 0 Å². The summed E-state index contributed by atoms with van der Waals surface area (Å²) in [6.07, 6.45) is 4.57. The molecular formula is C24H18O2. The number of allylic oxidation sites excluding steroid dienone is 1. The Morgan fingerprint density at radius 1 is 0.769 bits per heavy atom. The Hall–Kier alpha value is -3.39. The molecule has 0 bridgehead atoms. The van der Waals surface area contributed by atoms with Crippen LogP contribution in [0, 0.1) is 0 Å². The third-order valence-electron chi connectivity index (χ3n) is 4.36. The van der Waals surface area contributed by atoms with Gasteiger partial charge < -0.3 is 4.42 Å². The summed E-state index contributed by atoms with van der Waals surface area (Å²) in [6, 6.07) is 27.3. The fourth-order valence-electron chi connectivity index (χ4n) is 3.07. The zero-order valence-electron chi connectivity index (χ0n) is 14.3. The van der Waals surface area contributed by atoms with Gasteiger partial charge >= 0.3 is 0 Å². The number of fused-ring (bicyclic) bond motifs is 1. The zero-order chi connectivity index (χ0) is 17.8. The van der Waals surface area contributed by atoms with Crippen LogP contribution in [0.1, 0.15) is 11.1 Å². The Bertz CT molecular complexity index is 1110. The minimum absolute atomic E-state index is 0.0309. The number of para-hydroxylation sites is 1. The monoisotopic (exact) mass is 338 g/mol. The fourth-order valence-corrected chi connectivity index (χ4v) is 3.07. The topological polar surface area (TPSA) is 30.2 Å². The van der Waals surface area contributed by atoms with E-state index < -0.39 is 0 Å². The van der Waals surface area contributed by atoms with E-state index in [1.54, 1.807) is 0 Å². The van der Waals surface area contributed by atoms with Crippen molar-refractivity contribution in [3.05, 3.63) is 112 Å². The van der Waals surface area contributed by atoms with Crippen molar-refractivity contribution in [1.82, 2.24) is 0 Å². The molecule has 0 radical (unpaired) electrons. The van der Waals surface area contributed by atoms with E-state index in [1.807, 2.05) is 97.1 Å². The van der Waals surface area contributed by atoms with E-state index >= 15 is 0 Å². The van der Waals surface area contributed by atoms with Crippen LogP contribution in [0.3, 0.4) is 0 Å². The molecule has 0 spiro atoms. The van der Waals surface area contributed by atoms with E-state index in [9.17, 15) is 4.79 Å². The summed E-state index contributed by atoms with van der Waals surface area (Å²) in [5.41, 5.74) is 3.36. The van der Waals surface area contributed by atoms with E-state index in [-0.39, 0.29) is 5.43 Å². The highest BCUT2D eigenvalue weighted by Gasteiger charge is 2.14. The molecule has 4 aromatic rings. The maximum atomic E-state index is 13.1. The summed E-state index contributed by atoms with van der Waals surface area (Å²) in [7, 11) is 0. The second-order valence-electron chi connectivity index (χ2n) is 6.12. The van der Waals surface area contributed by atoms with Gasteiger partial charge in [-0.1, -0.05) is 84.9 Å². The molecule has 3 aromatic carbocycles. The highest BCUT2D eigenvalue weighted by atomic mass is 16.3. The van der Waals surface area contributed by atoms with Crippen LogP contribution in [0.2, 0.25) is 0 Å². The molecule has 0 N–H and O–H groups in total. The van der Waals surface area contributed by atoms with Crippen molar-refractivity contribution in [2.45, 2.75) is 6.42 Å². The Labute approximate surface area is 152 Å². The molecule has 1 heterocycles. The molecule has 126 valence electrons. The first kappa shape index (κ1) is 16.1. The van der Waals surface area contributed by atoms with Crippen molar-refractivity contribution >= 4 is 17.0 Å². The summed E-state index contributed by atoms with van der Waals surface area (Å²) in [5, 5.41) is 0.621. The lowest BCUT2D eigenvalue weighted by Gasteiger charge is -2.09. The normalized spacial score (nSPS) is 11.2. The van der Waals surface area contributed by atoms with Crippen LogP contribution in [-0.4, -0.2) is 0 Å². The number of benzene rings is 3. The highest BCUT2D eigenvalue weighted by molar-refractivity contribution is 5.80. The predicted molar refractivity (Wildman–Crippen MR) is 107 cm³/mol. The van der Waals surface area contributed by atoms with Crippen molar-refractivity contribution < 1.29 is 4.42 Å². The van der Waals surface area contributed by atoms with Gasteiger partial charge in [-0.05, 0) is 24.1 Å². The number of hydrogen-bond donors (Lipinski definition) is 0. The van der Waals surface area contributed by atoms with Gasteiger partial charge in [0.15, 0.2) is 5.43 Å². The first-order chi connectivity index (χ1) is 12.8. The molecule has 4 rings (SSSR count). The Morgan fingerprint density at radius 2 is 1.42 bits per heavy atom. The summed E-state index contributed by atoms with van der Waals surface area (Å²) >= 11 is 0. The molecule has 2 heteroatoms. The first-order valence-electron chi connectivity index (χ1n) is 8.64. The smallest absolute Gasteiger partial charge is 0.196 e. The molecule has 0 aliphatic rings. The van der Waals surface area contributed by atoms with Crippen LogP contribution in [0.25, 0.3) is 28.4 Å². The lowest BCUT2D eigenvalue weighted by Crippen LogP contribution is -2.10. The van der Waals surface area contributed by atoms with E-state index in [0.717, 1.165) is 11.1 Å². The minimum Gasteiger partial charge on any atom is -0.456 e. The molecule has 0 aliphatic heterocycles. The van der Waals surface area contributed by atoms with Crippen LogP contribution >= 0.6 is 0 Å². The van der Waals surface area contributed by atoms with Gasteiger partial charge in [0.2, 0.25) is 0 Å². The minimum atomic E-state index is 0.0309. The standard InChI is InChI=1S/C24H18O2/c25-23-20-15-7-8-17-22(20)26-24(19-13-5-2-6-14-19)21(23)16-9-12-18-10-3-1-4-11-18/h1-15,17H,16H2. The van der Waals surface area contributed by atoms with Crippen LogP contribution < -0.4 is 5.43 Å². The van der Waals surface area contributed by atoms with Crippen LogP contribution in [0.5, 0.6) is 0 Å². The summed E-state index contributed by atoms with van der Waals surface area (Å²) in [4.78, 5) is 13.1. The lowest BCUT2D eigenvalue weighted by atomic mass is 10.0. The van der Waals surface area contributed by atoms with E-state index in [2.05, 4.69) is 0 Å². The van der Waals surface area contributed by atoms with Crippen LogP contribution in [-0.2, 0) is 6.42 Å². The van der Waals surface area contributed by atoms with E-state index in [0.29, 0.717) is 28.7 Å². The Balaban J connectivity index is 1.82. The molecule has 1 aromatic heterocycles. The SMILES string of the molecule is O=c1c(CC=Cc2ccccc2)c(-c2ccccc2)oc2ccccc12. The van der Waals surface area contributed by atoms with Crippen molar-refractivity contribution in [1.29, 1.82) is 0 Å². The molecule has 26 heavy (non-hydrogen) atoms. The lowest BCUT2D eigenvalue weighted by molar-refractivity contribution is 0.612. The third-order valence-corrected chi connectivity index (χ3v) is 4.36. The largest absolute Gasteiger partial charge is 0.456 e. The fraction of sp³-hybridized carbons (Fsp3) is 0.0417. The molecule has 0 atom stereocenters. The molecule has 0 amide bonds. The first-order valence-corrected chi connectivity index (χ1v) is 8.64. The van der Waals surface area contributed by atoms with Crippen molar-refractivity contribution in [2.75, 3.05) is 0 Å². The maximum Gasteiger partial charge on any atom is 0.196 e. The van der Waals surface area contributed by atoms with Crippen molar-refractivity contribution in [3.8, 4) is 11.3 Å². The summed E-state index contributed by atoms with van der Waals surface area (Å²) in [5.74, 6) is 0.645. The van der Waals surface area contributed by atoms with Gasteiger partial charge in [-0.3, -0.25) is 4.79 Å². The van der Waals surface area contributed by atoms with Gasteiger partial charge in [-0.2, -0.15) is 0 Å². The van der Waals surface area contributed by atoms with Crippen LogP contribution in [0.15, 0.2) is 100 Å². The van der Waals surface area contributed by atoms with E-state index in [1.165, 1.54) is 0 Å². The van der Waals surface area contributed by atoms with Gasteiger partial charge in [0.25, 0.3) is 0 Å². The molecule has 0 saturated carbocycles. The number of rotatable bonds is 4. The summed E-state index contributed by atoms with van der Waals surface area (Å²) < 4.78 is 6.13. The van der Waals surface area contributed by atoms with Crippen molar-refractivity contribution in [2.24, 2.45) is 0 Å². The average molecular weight is 338 g/mol. The molecule has 2 nitrogen and oxygen atoms in total.